The van der Waals surface area contributed by atoms with Crippen LogP contribution in [0.25, 0.3) is 10.9 Å². The summed E-state index contributed by atoms with van der Waals surface area (Å²) in [6.07, 6.45) is 3.40. The van der Waals surface area contributed by atoms with Gasteiger partial charge in [0.1, 0.15) is 6.10 Å². The summed E-state index contributed by atoms with van der Waals surface area (Å²) in [5.74, 6) is 0.515. The summed E-state index contributed by atoms with van der Waals surface area (Å²) >= 11 is 0. The van der Waals surface area contributed by atoms with Crippen molar-refractivity contribution in [1.29, 1.82) is 0 Å². The van der Waals surface area contributed by atoms with Crippen LogP contribution in [0.3, 0.4) is 0 Å². The quantitative estimate of drug-likeness (QED) is 0.711. The minimum atomic E-state index is -3.58. The van der Waals surface area contributed by atoms with Gasteiger partial charge in [-0.05, 0) is 18.6 Å². The Morgan fingerprint density at radius 1 is 1.20 bits per heavy atom. The van der Waals surface area contributed by atoms with E-state index in [-0.39, 0.29) is 11.1 Å². The number of benzene rings is 1. The smallest absolute Gasteiger partial charge is 0.262 e. The molecule has 130 valence electrons. The van der Waals surface area contributed by atoms with Crippen LogP contribution in [-0.4, -0.2) is 46.5 Å². The van der Waals surface area contributed by atoms with E-state index in [1.54, 1.807) is 11.6 Å². The lowest BCUT2D eigenvalue weighted by atomic mass is 10.2. The van der Waals surface area contributed by atoms with Crippen LogP contribution in [0.5, 0.6) is 5.88 Å². The molecule has 0 aliphatic carbocycles. The van der Waals surface area contributed by atoms with Gasteiger partial charge in [0.15, 0.2) is 5.03 Å². The van der Waals surface area contributed by atoms with Crippen LogP contribution in [0.1, 0.15) is 6.42 Å². The Hall–Kier alpha value is -2.45. The second-order valence-corrected chi connectivity index (χ2v) is 8.00. The maximum absolute atomic E-state index is 12.6. The summed E-state index contributed by atoms with van der Waals surface area (Å²) < 4.78 is 34.1. The minimum Gasteiger partial charge on any atom is -0.473 e. The fraction of sp³-hybridized carbons (Fsp3) is 0.294. The first kappa shape index (κ1) is 16.0. The number of rotatable bonds is 4. The Labute approximate surface area is 145 Å². The van der Waals surface area contributed by atoms with Crippen molar-refractivity contribution in [1.82, 2.24) is 18.8 Å². The number of pyridine rings is 1. The first-order chi connectivity index (χ1) is 12.0. The Morgan fingerprint density at radius 3 is 2.84 bits per heavy atom. The SMILES string of the molecule is Cn1cnc(S(=O)(=O)N2CCC(Oc3ccc4ccccc4n3)C2)c1. The highest BCUT2D eigenvalue weighted by molar-refractivity contribution is 7.89. The van der Waals surface area contributed by atoms with Crippen LogP contribution < -0.4 is 4.74 Å². The van der Waals surface area contributed by atoms with Crippen LogP contribution in [0.4, 0.5) is 0 Å². The summed E-state index contributed by atoms with van der Waals surface area (Å²) in [5, 5.41) is 1.11. The molecule has 3 heterocycles. The van der Waals surface area contributed by atoms with E-state index in [0.717, 1.165) is 10.9 Å². The number of para-hydroxylation sites is 1. The van der Waals surface area contributed by atoms with E-state index < -0.39 is 10.0 Å². The molecule has 1 unspecified atom stereocenters. The van der Waals surface area contributed by atoms with E-state index in [4.69, 9.17) is 4.74 Å². The molecule has 0 bridgehead atoms. The molecule has 8 heteroatoms. The number of imidazole rings is 1. The highest BCUT2D eigenvalue weighted by Crippen LogP contribution is 2.24. The Morgan fingerprint density at radius 2 is 2.04 bits per heavy atom. The van der Waals surface area contributed by atoms with Gasteiger partial charge in [0.25, 0.3) is 10.0 Å². The fourth-order valence-corrected chi connectivity index (χ4v) is 4.40. The van der Waals surface area contributed by atoms with Crippen molar-refractivity contribution >= 4 is 20.9 Å². The minimum absolute atomic E-state index is 0.0690. The van der Waals surface area contributed by atoms with Gasteiger partial charge in [0.05, 0.1) is 18.4 Å². The van der Waals surface area contributed by atoms with Crippen molar-refractivity contribution in [2.75, 3.05) is 13.1 Å². The first-order valence-corrected chi connectivity index (χ1v) is 9.47. The standard InChI is InChI=1S/C17H18N4O3S/c1-20-11-17(18-12-20)25(22,23)21-9-8-14(10-21)24-16-7-6-13-4-2-3-5-15(13)19-16/h2-7,11-12,14H,8-10H2,1H3. The van der Waals surface area contributed by atoms with Crippen LogP contribution in [0, 0.1) is 0 Å². The Balaban J connectivity index is 1.48. The van der Waals surface area contributed by atoms with E-state index in [1.807, 2.05) is 36.4 Å². The average molecular weight is 358 g/mol. The summed E-state index contributed by atoms with van der Waals surface area (Å²) in [5.41, 5.74) is 0.857. The number of fused-ring (bicyclic) bond motifs is 1. The van der Waals surface area contributed by atoms with Gasteiger partial charge in [-0.3, -0.25) is 0 Å². The monoisotopic (exact) mass is 358 g/mol. The van der Waals surface area contributed by atoms with Gasteiger partial charge < -0.3 is 9.30 Å². The topological polar surface area (TPSA) is 77.3 Å². The number of aryl methyl sites for hydroxylation is 1. The molecular formula is C17H18N4O3S. The van der Waals surface area contributed by atoms with Crippen molar-refractivity contribution in [3.05, 3.63) is 48.9 Å². The zero-order valence-corrected chi connectivity index (χ0v) is 14.6. The number of aromatic nitrogens is 3. The van der Waals surface area contributed by atoms with Gasteiger partial charge in [-0.1, -0.05) is 18.2 Å². The lowest BCUT2D eigenvalue weighted by Crippen LogP contribution is -2.31. The van der Waals surface area contributed by atoms with Crippen LogP contribution in [0.15, 0.2) is 53.9 Å². The molecule has 2 aromatic heterocycles. The molecule has 1 fully saturated rings. The number of hydrogen-bond donors (Lipinski definition) is 0. The zero-order valence-electron chi connectivity index (χ0n) is 13.7. The molecule has 4 rings (SSSR count). The maximum atomic E-state index is 12.6. The lowest BCUT2D eigenvalue weighted by Gasteiger charge is -2.15. The molecule has 1 aliphatic rings. The van der Waals surface area contributed by atoms with E-state index >= 15 is 0 Å². The van der Waals surface area contributed by atoms with Gasteiger partial charge in [-0.15, -0.1) is 0 Å². The third-order valence-corrected chi connectivity index (χ3v) is 6.00. The lowest BCUT2D eigenvalue weighted by molar-refractivity contribution is 0.207. The number of hydrogen-bond acceptors (Lipinski definition) is 5. The highest BCUT2D eigenvalue weighted by atomic mass is 32.2. The summed E-state index contributed by atoms with van der Waals surface area (Å²) in [6.45, 7) is 0.713. The average Bonchev–Trinajstić information content (AvgIpc) is 3.24. The van der Waals surface area contributed by atoms with Gasteiger partial charge in [-0.2, -0.15) is 4.31 Å². The molecule has 0 radical (unpaired) electrons. The first-order valence-electron chi connectivity index (χ1n) is 8.03. The molecule has 1 aliphatic heterocycles. The predicted molar refractivity (Wildman–Crippen MR) is 92.7 cm³/mol. The van der Waals surface area contributed by atoms with Crippen molar-refractivity contribution in [3.63, 3.8) is 0 Å². The highest BCUT2D eigenvalue weighted by Gasteiger charge is 2.35. The summed E-state index contributed by atoms with van der Waals surface area (Å²) in [6, 6.07) is 11.6. The Kier molecular flexibility index (Phi) is 3.93. The number of ether oxygens (including phenoxy) is 1. The van der Waals surface area contributed by atoms with Crippen molar-refractivity contribution in [3.8, 4) is 5.88 Å². The molecule has 1 aromatic carbocycles. The molecular weight excluding hydrogens is 340 g/mol. The van der Waals surface area contributed by atoms with E-state index in [1.165, 1.54) is 16.8 Å². The third kappa shape index (κ3) is 3.10. The third-order valence-electron chi connectivity index (χ3n) is 4.25. The second-order valence-electron chi connectivity index (χ2n) is 6.11. The van der Waals surface area contributed by atoms with Crippen LogP contribution in [0.2, 0.25) is 0 Å². The van der Waals surface area contributed by atoms with Crippen molar-refractivity contribution < 1.29 is 13.2 Å². The molecule has 0 N–H and O–H groups in total. The fourth-order valence-electron chi connectivity index (χ4n) is 2.95. The molecule has 25 heavy (non-hydrogen) atoms. The molecule has 0 spiro atoms. The van der Waals surface area contributed by atoms with E-state index in [2.05, 4.69) is 9.97 Å². The summed E-state index contributed by atoms with van der Waals surface area (Å²) in [4.78, 5) is 8.44. The predicted octanol–water partition coefficient (Wildman–Crippen LogP) is 1.81. The van der Waals surface area contributed by atoms with E-state index in [0.29, 0.717) is 25.4 Å². The molecule has 7 nitrogen and oxygen atoms in total. The van der Waals surface area contributed by atoms with Crippen LogP contribution >= 0.6 is 0 Å². The Bertz CT molecular complexity index is 1020. The molecule has 0 amide bonds. The molecule has 3 aromatic rings. The summed E-state index contributed by atoms with van der Waals surface area (Å²) in [7, 11) is -1.83. The second kappa shape index (κ2) is 6.12. The maximum Gasteiger partial charge on any atom is 0.262 e. The molecule has 1 atom stereocenters. The van der Waals surface area contributed by atoms with Gasteiger partial charge in [-0.25, -0.2) is 18.4 Å². The van der Waals surface area contributed by atoms with Crippen molar-refractivity contribution in [2.45, 2.75) is 17.6 Å². The molecule has 1 saturated heterocycles. The van der Waals surface area contributed by atoms with Crippen molar-refractivity contribution in [2.24, 2.45) is 7.05 Å². The van der Waals surface area contributed by atoms with Gasteiger partial charge in [0.2, 0.25) is 5.88 Å². The zero-order chi connectivity index (χ0) is 17.4. The molecule has 0 saturated carbocycles. The van der Waals surface area contributed by atoms with E-state index in [9.17, 15) is 8.42 Å². The van der Waals surface area contributed by atoms with Gasteiger partial charge >= 0.3 is 0 Å². The normalized spacial score (nSPS) is 18.7. The number of sulfonamides is 1. The van der Waals surface area contributed by atoms with Crippen LogP contribution in [-0.2, 0) is 17.1 Å². The van der Waals surface area contributed by atoms with Gasteiger partial charge in [0, 0.05) is 31.2 Å². The largest absolute Gasteiger partial charge is 0.473 e. The number of nitrogens with zero attached hydrogens (tertiary/aromatic N) is 4.